The average molecular weight is 425 g/mol. The summed E-state index contributed by atoms with van der Waals surface area (Å²) >= 11 is 0. The minimum absolute atomic E-state index is 0.0163. The van der Waals surface area contributed by atoms with E-state index in [2.05, 4.69) is 22.3 Å². The van der Waals surface area contributed by atoms with Crippen molar-refractivity contribution in [1.82, 2.24) is 4.90 Å². The molecule has 0 aliphatic carbocycles. The van der Waals surface area contributed by atoms with Gasteiger partial charge < -0.3 is 10.2 Å². The molecule has 0 saturated carbocycles. The average Bonchev–Trinajstić information content (AvgIpc) is 2.77. The second-order valence-corrected chi connectivity index (χ2v) is 8.78. The predicted molar refractivity (Wildman–Crippen MR) is 123 cm³/mol. The highest BCUT2D eigenvalue weighted by molar-refractivity contribution is 5.96. The Morgan fingerprint density at radius 3 is 2.52 bits per heavy atom. The van der Waals surface area contributed by atoms with Crippen LogP contribution >= 0.6 is 0 Å². The zero-order chi connectivity index (χ0) is 22.2. The molecule has 1 aliphatic heterocycles. The van der Waals surface area contributed by atoms with E-state index in [0.29, 0.717) is 17.9 Å². The van der Waals surface area contributed by atoms with Gasteiger partial charge in [0.05, 0.1) is 0 Å². The van der Waals surface area contributed by atoms with E-state index in [4.69, 9.17) is 0 Å². The fourth-order valence-corrected chi connectivity index (χ4v) is 4.07. The molecule has 1 heterocycles. The largest absolute Gasteiger partial charge is 0.326 e. The molecule has 2 aromatic carbocycles. The van der Waals surface area contributed by atoms with E-state index in [-0.39, 0.29) is 23.4 Å². The number of ketones is 1. The van der Waals surface area contributed by atoms with Crippen molar-refractivity contribution in [3.63, 3.8) is 0 Å². The number of nitrogens with one attached hydrogen (secondary N) is 1. The normalized spacial score (nSPS) is 15.2. The molecule has 1 saturated heterocycles. The first-order chi connectivity index (χ1) is 14.9. The summed E-state index contributed by atoms with van der Waals surface area (Å²) in [4.78, 5) is 26.6. The first-order valence-corrected chi connectivity index (χ1v) is 11.3. The molecule has 2 aromatic rings. The molecule has 0 atom stereocenters. The summed E-state index contributed by atoms with van der Waals surface area (Å²) in [6.45, 7) is 6.88. The minimum atomic E-state index is -0.360. The molecule has 5 heteroatoms. The Kier molecular flexibility index (Phi) is 8.35. The first-order valence-electron chi connectivity index (χ1n) is 11.3. The first kappa shape index (κ1) is 23.1. The Morgan fingerprint density at radius 2 is 1.81 bits per heavy atom. The molecular weight excluding hydrogens is 391 g/mol. The predicted octanol–water partition coefficient (Wildman–Crippen LogP) is 5.65. The number of likely N-dealkylation sites (tertiary alicyclic amines) is 1. The number of carbonyl (C=O) groups excluding carboxylic acids is 2. The van der Waals surface area contributed by atoms with E-state index in [1.807, 2.05) is 26.0 Å². The van der Waals surface area contributed by atoms with Crippen molar-refractivity contribution in [1.29, 1.82) is 0 Å². The third-order valence-corrected chi connectivity index (χ3v) is 6.01. The molecule has 0 unspecified atom stereocenters. The summed E-state index contributed by atoms with van der Waals surface area (Å²) in [5.74, 6) is 0.185. The lowest BCUT2D eigenvalue weighted by Gasteiger charge is -2.32. The van der Waals surface area contributed by atoms with Gasteiger partial charge in [-0.25, -0.2) is 4.39 Å². The Hall–Kier alpha value is -2.53. The third kappa shape index (κ3) is 7.00. The van der Waals surface area contributed by atoms with Gasteiger partial charge in [-0.15, -0.1) is 0 Å². The van der Waals surface area contributed by atoms with Crippen LogP contribution in [0.4, 0.5) is 10.1 Å². The van der Waals surface area contributed by atoms with Crippen LogP contribution in [-0.2, 0) is 4.79 Å². The van der Waals surface area contributed by atoms with Gasteiger partial charge in [0, 0.05) is 23.6 Å². The molecule has 1 aliphatic rings. The van der Waals surface area contributed by atoms with Crippen molar-refractivity contribution in [2.75, 3.05) is 25.0 Å². The van der Waals surface area contributed by atoms with Crippen LogP contribution in [0.25, 0.3) is 0 Å². The summed E-state index contributed by atoms with van der Waals surface area (Å²) in [6.07, 6.45) is 4.47. The monoisotopic (exact) mass is 424 g/mol. The van der Waals surface area contributed by atoms with Crippen molar-refractivity contribution in [2.45, 2.75) is 51.9 Å². The van der Waals surface area contributed by atoms with Gasteiger partial charge in [0.15, 0.2) is 5.78 Å². The van der Waals surface area contributed by atoms with Crippen molar-refractivity contribution >= 4 is 17.4 Å². The number of halogens is 1. The van der Waals surface area contributed by atoms with Crippen LogP contribution in [0, 0.1) is 11.7 Å². The number of Topliss-reactive ketones (excluding diaryl/α,β-unsaturated/α-hetero) is 1. The van der Waals surface area contributed by atoms with E-state index in [0.717, 1.165) is 51.0 Å². The number of hydrogen-bond donors (Lipinski definition) is 1. The van der Waals surface area contributed by atoms with E-state index in [9.17, 15) is 14.0 Å². The quantitative estimate of drug-likeness (QED) is 0.418. The maximum Gasteiger partial charge on any atom is 0.226 e. The van der Waals surface area contributed by atoms with Crippen molar-refractivity contribution in [3.8, 4) is 0 Å². The number of rotatable bonds is 9. The Bertz CT molecular complexity index is 888. The number of anilines is 1. The van der Waals surface area contributed by atoms with Gasteiger partial charge in [0.1, 0.15) is 5.82 Å². The summed E-state index contributed by atoms with van der Waals surface area (Å²) in [5, 5.41) is 2.99. The zero-order valence-electron chi connectivity index (χ0n) is 18.6. The molecule has 1 amide bonds. The number of amides is 1. The summed E-state index contributed by atoms with van der Waals surface area (Å²) in [7, 11) is 0. The zero-order valence-corrected chi connectivity index (χ0v) is 18.6. The number of piperidine rings is 1. The highest BCUT2D eigenvalue weighted by Gasteiger charge is 2.21. The smallest absolute Gasteiger partial charge is 0.226 e. The highest BCUT2D eigenvalue weighted by Crippen LogP contribution is 2.29. The summed E-state index contributed by atoms with van der Waals surface area (Å²) in [6, 6.07) is 14.2. The molecular formula is C26H33FN2O2. The van der Waals surface area contributed by atoms with Gasteiger partial charge >= 0.3 is 0 Å². The maximum absolute atomic E-state index is 13.2. The van der Waals surface area contributed by atoms with Crippen LogP contribution in [-0.4, -0.2) is 36.2 Å². The van der Waals surface area contributed by atoms with E-state index >= 15 is 0 Å². The number of benzene rings is 2. The van der Waals surface area contributed by atoms with Crippen LogP contribution in [0.15, 0.2) is 48.5 Å². The van der Waals surface area contributed by atoms with E-state index in [1.54, 1.807) is 12.1 Å². The molecule has 3 rings (SSSR count). The van der Waals surface area contributed by atoms with Crippen LogP contribution in [0.2, 0.25) is 0 Å². The number of hydrogen-bond acceptors (Lipinski definition) is 3. The van der Waals surface area contributed by atoms with Gasteiger partial charge in [0.2, 0.25) is 5.91 Å². The van der Waals surface area contributed by atoms with Crippen molar-refractivity contribution in [3.05, 3.63) is 65.5 Å². The number of unbranched alkanes of at least 4 members (excludes halogenated alkanes) is 1. The van der Waals surface area contributed by atoms with E-state index < -0.39 is 0 Å². The van der Waals surface area contributed by atoms with Gasteiger partial charge in [-0.3, -0.25) is 9.59 Å². The van der Waals surface area contributed by atoms with Gasteiger partial charge in [-0.05, 0) is 81.1 Å². The van der Waals surface area contributed by atoms with Crippen molar-refractivity contribution in [2.24, 2.45) is 5.92 Å². The summed E-state index contributed by atoms with van der Waals surface area (Å²) in [5.41, 5.74) is 2.64. The lowest BCUT2D eigenvalue weighted by molar-refractivity contribution is -0.118. The molecule has 0 bridgehead atoms. The molecule has 4 nitrogen and oxygen atoms in total. The summed E-state index contributed by atoms with van der Waals surface area (Å²) < 4.78 is 13.2. The van der Waals surface area contributed by atoms with Crippen LogP contribution in [0.3, 0.4) is 0 Å². The molecule has 0 radical (unpaired) electrons. The number of nitrogens with zero attached hydrogens (tertiary/aromatic N) is 1. The fraction of sp³-hybridized carbons (Fsp3) is 0.462. The van der Waals surface area contributed by atoms with Crippen molar-refractivity contribution < 1.29 is 14.0 Å². The Balaban J connectivity index is 1.39. The number of carbonyl (C=O) groups is 2. The fourth-order valence-electron chi connectivity index (χ4n) is 4.07. The van der Waals surface area contributed by atoms with Crippen LogP contribution < -0.4 is 5.32 Å². The second-order valence-electron chi connectivity index (χ2n) is 8.78. The molecule has 31 heavy (non-hydrogen) atoms. The van der Waals surface area contributed by atoms with Gasteiger partial charge in [-0.1, -0.05) is 38.1 Å². The van der Waals surface area contributed by atoms with Crippen LogP contribution in [0.1, 0.15) is 67.8 Å². The molecule has 0 aromatic heterocycles. The van der Waals surface area contributed by atoms with E-state index in [1.165, 1.54) is 17.7 Å². The molecule has 166 valence electrons. The van der Waals surface area contributed by atoms with Gasteiger partial charge in [-0.2, -0.15) is 0 Å². The highest BCUT2D eigenvalue weighted by atomic mass is 19.1. The topological polar surface area (TPSA) is 49.4 Å². The van der Waals surface area contributed by atoms with Gasteiger partial charge in [0.25, 0.3) is 0 Å². The lowest BCUT2D eigenvalue weighted by atomic mass is 9.89. The minimum Gasteiger partial charge on any atom is -0.326 e. The Morgan fingerprint density at radius 1 is 1.06 bits per heavy atom. The maximum atomic E-state index is 13.2. The standard InChI is InChI=1S/C26H33FN2O2/c1-19(2)26(31)28-24-10-6-7-21(18-24)20-12-15-29(16-13-20)14-4-3-11-25(30)22-8-5-9-23(27)17-22/h5-10,17-20H,3-4,11-16H2,1-2H3,(H,28,31). The lowest BCUT2D eigenvalue weighted by Crippen LogP contribution is -2.33. The molecule has 1 N–H and O–H groups in total. The molecule has 1 fully saturated rings. The second kappa shape index (κ2) is 11.2. The molecule has 0 spiro atoms. The SMILES string of the molecule is CC(C)C(=O)Nc1cccc(C2CCN(CCCCC(=O)c3cccc(F)c3)CC2)c1. The van der Waals surface area contributed by atoms with Crippen LogP contribution in [0.5, 0.6) is 0 Å². The Labute approximate surface area is 184 Å². The third-order valence-electron chi connectivity index (χ3n) is 6.01.